The van der Waals surface area contributed by atoms with E-state index in [9.17, 15) is 14.0 Å². The van der Waals surface area contributed by atoms with Gasteiger partial charge in [-0.05, 0) is 18.2 Å². The highest BCUT2D eigenvalue weighted by molar-refractivity contribution is 7.99. The number of nitrogens with one attached hydrogen (secondary N) is 2. The zero-order chi connectivity index (χ0) is 20.2. The number of para-hydroxylation sites is 1. The van der Waals surface area contributed by atoms with Crippen LogP contribution >= 0.6 is 11.8 Å². The van der Waals surface area contributed by atoms with E-state index < -0.39 is 0 Å². The Labute approximate surface area is 168 Å². The molecular formula is C19H15FN6O2S. The monoisotopic (exact) mass is 410 g/mol. The number of aromatic amines is 1. The fourth-order valence-corrected chi connectivity index (χ4v) is 3.54. The van der Waals surface area contributed by atoms with Crippen LogP contribution in [0.15, 0.2) is 64.8 Å². The van der Waals surface area contributed by atoms with E-state index in [4.69, 9.17) is 0 Å². The molecule has 0 aliphatic heterocycles. The summed E-state index contributed by atoms with van der Waals surface area (Å²) in [6.45, 7) is 0.0755. The summed E-state index contributed by atoms with van der Waals surface area (Å²) in [6, 6.07) is 13.2. The smallest absolute Gasteiger partial charge is 0.269 e. The fourth-order valence-electron chi connectivity index (χ4n) is 2.72. The minimum Gasteiger partial charge on any atom is -0.351 e. The van der Waals surface area contributed by atoms with Crippen molar-refractivity contribution >= 4 is 28.6 Å². The van der Waals surface area contributed by atoms with Gasteiger partial charge in [0.25, 0.3) is 5.56 Å². The Morgan fingerprint density at radius 3 is 2.76 bits per heavy atom. The molecule has 0 saturated carbocycles. The van der Waals surface area contributed by atoms with Crippen LogP contribution in [-0.2, 0) is 11.3 Å². The predicted octanol–water partition coefficient (Wildman–Crippen LogP) is 2.05. The molecule has 8 nitrogen and oxygen atoms in total. The maximum absolute atomic E-state index is 13.7. The summed E-state index contributed by atoms with van der Waals surface area (Å²) in [7, 11) is 0. The van der Waals surface area contributed by atoms with E-state index in [1.165, 1.54) is 17.0 Å². The van der Waals surface area contributed by atoms with Gasteiger partial charge in [-0.2, -0.15) is 10.1 Å². The van der Waals surface area contributed by atoms with Gasteiger partial charge in [0, 0.05) is 12.1 Å². The Hall–Kier alpha value is -3.53. The molecule has 2 heterocycles. The second-order valence-corrected chi connectivity index (χ2v) is 6.96. The number of fused-ring (bicyclic) bond motifs is 1. The van der Waals surface area contributed by atoms with Crippen molar-refractivity contribution in [2.45, 2.75) is 11.7 Å². The van der Waals surface area contributed by atoms with Crippen molar-refractivity contribution in [1.82, 2.24) is 30.0 Å². The highest BCUT2D eigenvalue weighted by Crippen LogP contribution is 2.19. The van der Waals surface area contributed by atoms with E-state index in [0.29, 0.717) is 21.6 Å². The van der Waals surface area contributed by atoms with E-state index >= 15 is 0 Å². The van der Waals surface area contributed by atoms with Crippen LogP contribution in [0.3, 0.4) is 0 Å². The SMILES string of the molecule is O=C(CSc1nc2ccccc2c(=O)n1-c1ncn[nH]1)NCc1ccccc1F. The van der Waals surface area contributed by atoms with Crippen LogP contribution in [-0.4, -0.2) is 36.4 Å². The van der Waals surface area contributed by atoms with Crippen molar-refractivity contribution in [2.75, 3.05) is 5.75 Å². The zero-order valence-corrected chi connectivity index (χ0v) is 15.8. The van der Waals surface area contributed by atoms with Gasteiger partial charge in [-0.1, -0.05) is 42.1 Å². The Morgan fingerprint density at radius 2 is 1.97 bits per heavy atom. The number of carbonyl (C=O) groups excluding carboxylic acids is 1. The molecule has 2 N–H and O–H groups in total. The molecule has 10 heteroatoms. The first-order chi connectivity index (χ1) is 14.1. The normalized spacial score (nSPS) is 10.9. The molecule has 0 atom stereocenters. The first-order valence-corrected chi connectivity index (χ1v) is 9.62. The third-order valence-corrected chi connectivity index (χ3v) is 5.06. The molecule has 0 unspecified atom stereocenters. The molecule has 0 aliphatic carbocycles. The Morgan fingerprint density at radius 1 is 1.17 bits per heavy atom. The quantitative estimate of drug-likeness (QED) is 0.372. The van der Waals surface area contributed by atoms with Crippen LogP contribution < -0.4 is 10.9 Å². The minimum absolute atomic E-state index is 0.00658. The van der Waals surface area contributed by atoms with Crippen molar-refractivity contribution in [2.24, 2.45) is 0 Å². The third kappa shape index (κ3) is 4.02. The second kappa shape index (κ2) is 8.23. The lowest BCUT2D eigenvalue weighted by Gasteiger charge is -2.11. The van der Waals surface area contributed by atoms with Crippen molar-refractivity contribution in [3.63, 3.8) is 0 Å². The highest BCUT2D eigenvalue weighted by Gasteiger charge is 2.16. The van der Waals surface area contributed by atoms with Crippen LogP contribution in [0.5, 0.6) is 0 Å². The number of benzene rings is 2. The van der Waals surface area contributed by atoms with E-state index in [-0.39, 0.29) is 35.5 Å². The number of amides is 1. The summed E-state index contributed by atoms with van der Waals surface area (Å²) in [5.74, 6) is -0.490. The standard InChI is InChI=1S/C19H15FN6O2S/c20-14-7-3-1-5-12(14)9-21-16(27)10-29-19-24-15-8-4-2-6-13(15)17(28)26(19)18-22-11-23-25-18/h1-8,11H,9-10H2,(H,21,27)(H,22,23,25). The Bertz CT molecular complexity index is 1230. The predicted molar refractivity (Wildman–Crippen MR) is 106 cm³/mol. The van der Waals surface area contributed by atoms with E-state index in [1.54, 1.807) is 42.5 Å². The number of nitrogens with zero attached hydrogens (tertiary/aromatic N) is 4. The molecule has 29 heavy (non-hydrogen) atoms. The summed E-state index contributed by atoms with van der Waals surface area (Å²) < 4.78 is 15.0. The van der Waals surface area contributed by atoms with Crippen LogP contribution in [0.1, 0.15) is 5.56 Å². The van der Waals surface area contributed by atoms with Gasteiger partial charge >= 0.3 is 0 Å². The molecule has 0 saturated heterocycles. The van der Waals surface area contributed by atoms with Gasteiger partial charge in [0.1, 0.15) is 12.1 Å². The van der Waals surface area contributed by atoms with Gasteiger partial charge in [-0.25, -0.2) is 19.0 Å². The van der Waals surface area contributed by atoms with Gasteiger partial charge in [0.05, 0.1) is 16.7 Å². The largest absolute Gasteiger partial charge is 0.351 e. The number of carbonyl (C=O) groups is 1. The number of hydrogen-bond acceptors (Lipinski definition) is 6. The van der Waals surface area contributed by atoms with Crippen molar-refractivity contribution in [1.29, 1.82) is 0 Å². The number of thioether (sulfide) groups is 1. The van der Waals surface area contributed by atoms with E-state index in [0.717, 1.165) is 11.8 Å². The average molecular weight is 410 g/mol. The topological polar surface area (TPSA) is 106 Å². The molecule has 1 amide bonds. The van der Waals surface area contributed by atoms with Gasteiger partial charge in [0.2, 0.25) is 11.9 Å². The summed E-state index contributed by atoms with van der Waals surface area (Å²) in [5, 5.41) is 9.82. The van der Waals surface area contributed by atoms with Crippen LogP contribution in [0, 0.1) is 5.82 Å². The molecule has 0 aliphatic rings. The first-order valence-electron chi connectivity index (χ1n) is 8.64. The molecule has 146 valence electrons. The van der Waals surface area contributed by atoms with Crippen molar-refractivity contribution in [3.05, 3.63) is 76.6 Å². The van der Waals surface area contributed by atoms with Crippen LogP contribution in [0.2, 0.25) is 0 Å². The molecule has 4 rings (SSSR count). The Kier molecular flexibility index (Phi) is 5.34. The maximum Gasteiger partial charge on any atom is 0.269 e. The summed E-state index contributed by atoms with van der Waals surface area (Å²) in [4.78, 5) is 33.7. The maximum atomic E-state index is 13.7. The molecule has 2 aromatic carbocycles. The molecule has 4 aromatic rings. The minimum atomic E-state index is -0.379. The lowest BCUT2D eigenvalue weighted by Crippen LogP contribution is -2.27. The third-order valence-electron chi connectivity index (χ3n) is 4.13. The van der Waals surface area contributed by atoms with Gasteiger partial charge in [-0.15, -0.1) is 0 Å². The zero-order valence-electron chi connectivity index (χ0n) is 15.0. The van der Waals surface area contributed by atoms with Crippen LogP contribution in [0.4, 0.5) is 4.39 Å². The number of rotatable bonds is 6. The molecule has 0 bridgehead atoms. The number of hydrogen-bond donors (Lipinski definition) is 2. The second-order valence-electron chi connectivity index (χ2n) is 6.02. The highest BCUT2D eigenvalue weighted by atomic mass is 32.2. The fraction of sp³-hybridized carbons (Fsp3) is 0.105. The molecular weight excluding hydrogens is 395 g/mol. The summed E-state index contributed by atoms with van der Waals surface area (Å²) >= 11 is 1.08. The first kappa shape index (κ1) is 18.8. The molecule has 0 fully saturated rings. The van der Waals surface area contributed by atoms with Gasteiger partial charge < -0.3 is 5.32 Å². The molecule has 0 spiro atoms. The molecule has 0 radical (unpaired) electrons. The van der Waals surface area contributed by atoms with Crippen LogP contribution in [0.25, 0.3) is 16.9 Å². The van der Waals surface area contributed by atoms with Crippen molar-refractivity contribution < 1.29 is 9.18 Å². The summed E-state index contributed by atoms with van der Waals surface area (Å²) in [5.41, 5.74) is 0.595. The summed E-state index contributed by atoms with van der Waals surface area (Å²) in [6.07, 6.45) is 1.28. The van der Waals surface area contributed by atoms with E-state index in [1.807, 2.05) is 0 Å². The average Bonchev–Trinajstić information content (AvgIpc) is 3.26. The number of H-pyrrole nitrogens is 1. The van der Waals surface area contributed by atoms with E-state index in [2.05, 4.69) is 25.5 Å². The lowest BCUT2D eigenvalue weighted by atomic mass is 10.2. The molecule has 2 aromatic heterocycles. The van der Waals surface area contributed by atoms with Gasteiger partial charge in [0.15, 0.2) is 5.16 Å². The van der Waals surface area contributed by atoms with Crippen molar-refractivity contribution in [3.8, 4) is 5.95 Å². The lowest BCUT2D eigenvalue weighted by molar-refractivity contribution is -0.118. The van der Waals surface area contributed by atoms with Gasteiger partial charge in [-0.3, -0.25) is 9.59 Å². The number of aromatic nitrogens is 5. The number of halogens is 1. The Balaban J connectivity index is 1.56.